The van der Waals surface area contributed by atoms with E-state index in [0.717, 1.165) is 5.69 Å². The van der Waals surface area contributed by atoms with Gasteiger partial charge in [0.15, 0.2) is 0 Å². The summed E-state index contributed by atoms with van der Waals surface area (Å²) in [5.41, 5.74) is 7.02. The van der Waals surface area contributed by atoms with Gasteiger partial charge in [-0.1, -0.05) is 13.5 Å². The molecule has 0 aliphatic rings. The minimum absolute atomic E-state index is 0.0183. The number of carbonyl (C=O) groups excluding carboxylic acids is 1. The summed E-state index contributed by atoms with van der Waals surface area (Å²) < 4.78 is 0. The maximum Gasteiger partial charge on any atom is 0.230 e. The molecule has 1 aromatic carbocycles. The Balaban J connectivity index is 2.95. The van der Waals surface area contributed by atoms with Gasteiger partial charge in [-0.3, -0.25) is 9.69 Å². The summed E-state index contributed by atoms with van der Waals surface area (Å²) in [7, 11) is 0. The number of nitrogens with zero attached hydrogens (tertiary/aromatic N) is 1. The van der Waals surface area contributed by atoms with E-state index in [-0.39, 0.29) is 5.91 Å². The second-order valence-electron chi connectivity index (χ2n) is 2.89. The zero-order valence-corrected chi connectivity index (χ0v) is 8.23. The van der Waals surface area contributed by atoms with Crippen LogP contribution in [0.1, 0.15) is 13.3 Å². The molecule has 1 amide bonds. The SMILES string of the molecule is C=CN(C(=O)CC)c1ccc(N)cc1. The maximum absolute atomic E-state index is 11.5. The molecule has 0 aliphatic carbocycles. The second-order valence-corrected chi connectivity index (χ2v) is 2.89. The van der Waals surface area contributed by atoms with Gasteiger partial charge in [0.1, 0.15) is 0 Å². The molecular formula is C11H14N2O. The van der Waals surface area contributed by atoms with Crippen LogP contribution in [0.2, 0.25) is 0 Å². The zero-order chi connectivity index (χ0) is 10.6. The van der Waals surface area contributed by atoms with Crippen LogP contribution in [0, 0.1) is 0 Å². The van der Waals surface area contributed by atoms with E-state index in [9.17, 15) is 4.79 Å². The van der Waals surface area contributed by atoms with Crippen molar-refractivity contribution in [1.29, 1.82) is 0 Å². The quantitative estimate of drug-likeness (QED) is 0.742. The number of nitrogens with two attached hydrogens (primary N) is 1. The van der Waals surface area contributed by atoms with Crippen molar-refractivity contribution in [2.45, 2.75) is 13.3 Å². The van der Waals surface area contributed by atoms with Crippen LogP contribution in [-0.2, 0) is 4.79 Å². The summed E-state index contributed by atoms with van der Waals surface area (Å²) in [4.78, 5) is 13.0. The Morgan fingerprint density at radius 2 is 2.07 bits per heavy atom. The van der Waals surface area contributed by atoms with E-state index in [1.165, 1.54) is 11.1 Å². The summed E-state index contributed by atoms with van der Waals surface area (Å²) in [5.74, 6) is 0.0183. The summed E-state index contributed by atoms with van der Waals surface area (Å²) in [6, 6.07) is 7.11. The maximum atomic E-state index is 11.5. The zero-order valence-electron chi connectivity index (χ0n) is 8.23. The van der Waals surface area contributed by atoms with Crippen molar-refractivity contribution in [1.82, 2.24) is 0 Å². The molecule has 0 radical (unpaired) electrons. The first-order valence-electron chi connectivity index (χ1n) is 4.49. The van der Waals surface area contributed by atoms with E-state index in [1.54, 1.807) is 24.3 Å². The van der Waals surface area contributed by atoms with E-state index in [0.29, 0.717) is 12.1 Å². The number of nitrogen functional groups attached to an aromatic ring is 1. The first kappa shape index (κ1) is 10.3. The first-order chi connectivity index (χ1) is 6.69. The topological polar surface area (TPSA) is 46.3 Å². The highest BCUT2D eigenvalue weighted by Crippen LogP contribution is 2.17. The van der Waals surface area contributed by atoms with Gasteiger partial charge in [0.2, 0.25) is 5.91 Å². The fourth-order valence-electron chi connectivity index (χ4n) is 1.16. The van der Waals surface area contributed by atoms with E-state index in [4.69, 9.17) is 5.73 Å². The van der Waals surface area contributed by atoms with E-state index < -0.39 is 0 Å². The Morgan fingerprint density at radius 1 is 1.50 bits per heavy atom. The van der Waals surface area contributed by atoms with Gasteiger partial charge in [0.05, 0.1) is 0 Å². The standard InChI is InChI=1S/C11H14N2O/c1-3-11(14)13(4-2)10-7-5-9(12)6-8-10/h4-8H,2-3,12H2,1H3. The van der Waals surface area contributed by atoms with E-state index in [2.05, 4.69) is 6.58 Å². The minimum Gasteiger partial charge on any atom is -0.399 e. The fourth-order valence-corrected chi connectivity index (χ4v) is 1.16. The third-order valence-corrected chi connectivity index (χ3v) is 1.92. The van der Waals surface area contributed by atoms with Gasteiger partial charge in [-0.05, 0) is 24.3 Å². The number of carbonyl (C=O) groups is 1. The molecule has 0 bridgehead atoms. The third kappa shape index (κ3) is 2.13. The molecule has 3 nitrogen and oxygen atoms in total. The summed E-state index contributed by atoms with van der Waals surface area (Å²) in [6.45, 7) is 5.42. The lowest BCUT2D eigenvalue weighted by Crippen LogP contribution is -2.23. The Kier molecular flexibility index (Phi) is 3.29. The highest BCUT2D eigenvalue weighted by atomic mass is 16.2. The molecule has 74 valence electrons. The molecule has 0 atom stereocenters. The van der Waals surface area contributed by atoms with Crippen LogP contribution >= 0.6 is 0 Å². The number of benzene rings is 1. The average molecular weight is 190 g/mol. The van der Waals surface area contributed by atoms with Crippen molar-refractivity contribution in [2.75, 3.05) is 10.6 Å². The normalized spacial score (nSPS) is 9.50. The minimum atomic E-state index is 0.0183. The lowest BCUT2D eigenvalue weighted by atomic mass is 10.2. The molecule has 2 N–H and O–H groups in total. The highest BCUT2D eigenvalue weighted by Gasteiger charge is 2.09. The van der Waals surface area contributed by atoms with Gasteiger partial charge >= 0.3 is 0 Å². The lowest BCUT2D eigenvalue weighted by molar-refractivity contribution is -0.117. The highest BCUT2D eigenvalue weighted by molar-refractivity contribution is 5.94. The monoisotopic (exact) mass is 190 g/mol. The van der Waals surface area contributed by atoms with Crippen molar-refractivity contribution >= 4 is 17.3 Å². The molecule has 0 fully saturated rings. The van der Waals surface area contributed by atoms with Crippen LogP contribution in [0.15, 0.2) is 37.0 Å². The van der Waals surface area contributed by atoms with Crippen molar-refractivity contribution in [2.24, 2.45) is 0 Å². The molecule has 0 aliphatic heterocycles. The number of amides is 1. The molecule has 0 saturated carbocycles. The molecule has 1 rings (SSSR count). The van der Waals surface area contributed by atoms with Crippen molar-refractivity contribution in [3.8, 4) is 0 Å². The smallest absolute Gasteiger partial charge is 0.230 e. The molecule has 0 aromatic heterocycles. The largest absolute Gasteiger partial charge is 0.399 e. The lowest BCUT2D eigenvalue weighted by Gasteiger charge is -2.17. The number of anilines is 2. The van der Waals surface area contributed by atoms with Crippen molar-refractivity contribution in [3.05, 3.63) is 37.0 Å². The third-order valence-electron chi connectivity index (χ3n) is 1.92. The van der Waals surface area contributed by atoms with Crippen LogP contribution in [0.5, 0.6) is 0 Å². The first-order valence-corrected chi connectivity index (χ1v) is 4.49. The number of rotatable bonds is 3. The average Bonchev–Trinajstić information content (AvgIpc) is 2.21. The Hall–Kier alpha value is -1.77. The Labute approximate surface area is 83.8 Å². The molecule has 14 heavy (non-hydrogen) atoms. The van der Waals surface area contributed by atoms with Crippen molar-refractivity contribution < 1.29 is 4.79 Å². The van der Waals surface area contributed by atoms with Crippen LogP contribution in [0.25, 0.3) is 0 Å². The van der Waals surface area contributed by atoms with Gasteiger partial charge in [-0.25, -0.2) is 0 Å². The molecule has 1 aromatic rings. The Morgan fingerprint density at radius 3 is 2.50 bits per heavy atom. The number of hydrogen-bond acceptors (Lipinski definition) is 2. The number of hydrogen-bond donors (Lipinski definition) is 1. The predicted molar refractivity (Wildman–Crippen MR) is 58.8 cm³/mol. The van der Waals surface area contributed by atoms with Crippen LogP contribution in [0.3, 0.4) is 0 Å². The predicted octanol–water partition coefficient (Wildman–Crippen LogP) is 2.16. The van der Waals surface area contributed by atoms with E-state index >= 15 is 0 Å². The summed E-state index contributed by atoms with van der Waals surface area (Å²) in [6.07, 6.45) is 1.97. The van der Waals surface area contributed by atoms with E-state index in [1.807, 2.05) is 6.92 Å². The van der Waals surface area contributed by atoms with Gasteiger partial charge in [-0.2, -0.15) is 0 Å². The van der Waals surface area contributed by atoms with Crippen LogP contribution in [0.4, 0.5) is 11.4 Å². The van der Waals surface area contributed by atoms with Gasteiger partial charge < -0.3 is 5.73 Å². The van der Waals surface area contributed by atoms with Crippen LogP contribution in [-0.4, -0.2) is 5.91 Å². The fraction of sp³-hybridized carbons (Fsp3) is 0.182. The van der Waals surface area contributed by atoms with Crippen LogP contribution < -0.4 is 10.6 Å². The van der Waals surface area contributed by atoms with Crippen molar-refractivity contribution in [3.63, 3.8) is 0 Å². The van der Waals surface area contributed by atoms with Gasteiger partial charge in [0, 0.05) is 24.0 Å². The van der Waals surface area contributed by atoms with Gasteiger partial charge in [0.25, 0.3) is 0 Å². The molecule has 0 saturated heterocycles. The Bertz CT molecular complexity index is 330. The molecule has 0 heterocycles. The second kappa shape index (κ2) is 4.46. The molecule has 0 spiro atoms. The summed E-state index contributed by atoms with van der Waals surface area (Å²) in [5, 5.41) is 0. The van der Waals surface area contributed by atoms with Gasteiger partial charge in [-0.15, -0.1) is 0 Å². The molecule has 3 heteroatoms. The molecular weight excluding hydrogens is 176 g/mol. The summed E-state index contributed by atoms with van der Waals surface area (Å²) >= 11 is 0. The molecule has 0 unspecified atom stereocenters.